The largest absolute Gasteiger partial charge is 0.326 e. The van der Waals surface area contributed by atoms with Gasteiger partial charge in [0.15, 0.2) is 0 Å². The van der Waals surface area contributed by atoms with Gasteiger partial charge in [0.2, 0.25) is 10.0 Å². The lowest BCUT2D eigenvalue weighted by Gasteiger charge is -2.11. The van der Waals surface area contributed by atoms with Crippen molar-refractivity contribution in [1.82, 2.24) is 0 Å². The zero-order valence-electron chi connectivity index (χ0n) is 11.6. The Morgan fingerprint density at radius 1 is 1.14 bits per heavy atom. The van der Waals surface area contributed by atoms with E-state index in [1.807, 2.05) is 0 Å². The van der Waals surface area contributed by atoms with Crippen molar-refractivity contribution in [1.29, 1.82) is 0 Å². The van der Waals surface area contributed by atoms with E-state index in [1.165, 1.54) is 12.1 Å². The van der Waals surface area contributed by atoms with Gasteiger partial charge in [-0.15, -0.1) is 0 Å². The molecule has 0 heterocycles. The molecule has 112 valence electrons. The van der Waals surface area contributed by atoms with Gasteiger partial charge in [0.25, 0.3) is 0 Å². The summed E-state index contributed by atoms with van der Waals surface area (Å²) in [6.07, 6.45) is 0. The lowest BCUT2D eigenvalue weighted by atomic mass is 10.1. The molecule has 2 aromatic rings. The third-order valence-electron chi connectivity index (χ3n) is 3.07. The minimum Gasteiger partial charge on any atom is -0.326 e. The summed E-state index contributed by atoms with van der Waals surface area (Å²) in [6, 6.07) is 11.3. The molecule has 0 radical (unpaired) electrons. The lowest BCUT2D eigenvalue weighted by molar-refractivity contribution is 0.597. The highest BCUT2D eigenvalue weighted by molar-refractivity contribution is 7.91. The molecule has 0 unspecified atom stereocenters. The number of benzene rings is 2. The Bertz CT molecular complexity index is 745. The summed E-state index contributed by atoms with van der Waals surface area (Å²) < 4.78 is 40.3. The van der Waals surface area contributed by atoms with Crippen LogP contribution in [0.2, 0.25) is 0 Å². The van der Waals surface area contributed by atoms with Gasteiger partial charge in [0.1, 0.15) is 5.82 Å². The molecule has 0 aliphatic rings. The second kappa shape index (κ2) is 6.24. The van der Waals surface area contributed by atoms with Crippen LogP contribution in [0.3, 0.4) is 0 Å². The average molecular weight is 308 g/mol. The Morgan fingerprint density at radius 3 is 2.48 bits per heavy atom. The second-order valence-corrected chi connectivity index (χ2v) is 6.54. The van der Waals surface area contributed by atoms with Crippen LogP contribution in [-0.2, 0) is 22.3 Å². The predicted molar refractivity (Wildman–Crippen MR) is 81.7 cm³/mol. The summed E-state index contributed by atoms with van der Waals surface area (Å²) in [5.41, 5.74) is 7.69. The summed E-state index contributed by atoms with van der Waals surface area (Å²) >= 11 is 0. The number of hydrogen-bond acceptors (Lipinski definition) is 3. The van der Waals surface area contributed by atoms with Crippen LogP contribution in [0.15, 0.2) is 42.5 Å². The Labute approximate surface area is 123 Å². The topological polar surface area (TPSA) is 72.2 Å². The fourth-order valence-corrected chi connectivity index (χ4v) is 3.28. The molecule has 0 saturated carbocycles. The maximum Gasteiger partial charge on any atom is 0.237 e. The van der Waals surface area contributed by atoms with Gasteiger partial charge in [-0.05, 0) is 35.7 Å². The molecule has 0 fully saturated rings. The molecule has 0 aliphatic carbocycles. The van der Waals surface area contributed by atoms with E-state index in [9.17, 15) is 12.8 Å². The second-order valence-electron chi connectivity index (χ2n) is 4.82. The summed E-state index contributed by atoms with van der Waals surface area (Å²) in [7, 11) is -3.71. The van der Waals surface area contributed by atoms with Crippen LogP contribution in [0.25, 0.3) is 0 Å². The standard InChI is InChI=1S/C15H17FN2O2S/c1-11-6-7-14(16)15(8-11)18-21(19,20)10-13-5-3-2-4-12(13)9-17/h2-8,18H,9-10,17H2,1H3. The van der Waals surface area contributed by atoms with E-state index in [1.54, 1.807) is 37.3 Å². The van der Waals surface area contributed by atoms with E-state index in [0.717, 1.165) is 11.1 Å². The van der Waals surface area contributed by atoms with Crippen LogP contribution in [-0.4, -0.2) is 8.42 Å². The third kappa shape index (κ3) is 4.03. The Balaban J connectivity index is 2.25. The van der Waals surface area contributed by atoms with E-state index in [2.05, 4.69) is 4.72 Å². The third-order valence-corrected chi connectivity index (χ3v) is 4.29. The highest BCUT2D eigenvalue weighted by Crippen LogP contribution is 2.19. The van der Waals surface area contributed by atoms with Crippen LogP contribution >= 0.6 is 0 Å². The van der Waals surface area contributed by atoms with Crippen molar-refractivity contribution in [2.75, 3.05) is 4.72 Å². The first-order valence-electron chi connectivity index (χ1n) is 6.45. The first kappa shape index (κ1) is 15.5. The molecular formula is C15H17FN2O2S. The Kier molecular flexibility index (Phi) is 4.59. The molecule has 0 aliphatic heterocycles. The van der Waals surface area contributed by atoms with Crippen molar-refractivity contribution in [2.45, 2.75) is 19.2 Å². The van der Waals surface area contributed by atoms with Gasteiger partial charge in [-0.3, -0.25) is 4.72 Å². The van der Waals surface area contributed by atoms with Gasteiger partial charge in [-0.25, -0.2) is 12.8 Å². The van der Waals surface area contributed by atoms with Gasteiger partial charge >= 0.3 is 0 Å². The zero-order valence-corrected chi connectivity index (χ0v) is 12.5. The number of hydrogen-bond donors (Lipinski definition) is 2. The molecule has 0 atom stereocenters. The Morgan fingerprint density at radius 2 is 1.81 bits per heavy atom. The smallest absolute Gasteiger partial charge is 0.237 e. The fourth-order valence-electron chi connectivity index (χ4n) is 2.02. The van der Waals surface area contributed by atoms with Crippen LogP contribution in [0, 0.1) is 12.7 Å². The Hall–Kier alpha value is -1.92. The van der Waals surface area contributed by atoms with Gasteiger partial charge in [-0.1, -0.05) is 30.3 Å². The summed E-state index contributed by atoms with van der Waals surface area (Å²) in [6.45, 7) is 2.02. The number of nitrogens with two attached hydrogens (primary N) is 1. The molecule has 2 aromatic carbocycles. The van der Waals surface area contributed by atoms with Crippen molar-refractivity contribution >= 4 is 15.7 Å². The molecule has 2 rings (SSSR count). The van der Waals surface area contributed by atoms with E-state index in [-0.39, 0.29) is 18.0 Å². The molecule has 21 heavy (non-hydrogen) atoms. The number of halogens is 1. The number of sulfonamides is 1. The highest BCUT2D eigenvalue weighted by atomic mass is 32.2. The molecule has 0 spiro atoms. The molecule has 6 heteroatoms. The van der Waals surface area contributed by atoms with Crippen molar-refractivity contribution in [3.63, 3.8) is 0 Å². The number of nitrogens with one attached hydrogen (secondary N) is 1. The number of aryl methyl sites for hydroxylation is 1. The van der Waals surface area contributed by atoms with Crippen molar-refractivity contribution < 1.29 is 12.8 Å². The minimum atomic E-state index is -3.71. The fraction of sp³-hybridized carbons (Fsp3) is 0.200. The summed E-state index contributed by atoms with van der Waals surface area (Å²) in [5.74, 6) is -0.843. The van der Waals surface area contributed by atoms with Gasteiger partial charge in [0.05, 0.1) is 11.4 Å². The van der Waals surface area contributed by atoms with Crippen LogP contribution in [0.4, 0.5) is 10.1 Å². The van der Waals surface area contributed by atoms with Gasteiger partial charge < -0.3 is 5.73 Å². The average Bonchev–Trinajstić information content (AvgIpc) is 2.43. The van der Waals surface area contributed by atoms with E-state index >= 15 is 0 Å². The first-order valence-corrected chi connectivity index (χ1v) is 8.10. The van der Waals surface area contributed by atoms with Crippen LogP contribution in [0.1, 0.15) is 16.7 Å². The minimum absolute atomic E-state index is 0.0415. The van der Waals surface area contributed by atoms with Gasteiger partial charge in [0, 0.05) is 6.54 Å². The molecule has 0 aromatic heterocycles. The number of rotatable bonds is 5. The van der Waals surface area contributed by atoms with E-state index in [4.69, 9.17) is 5.73 Å². The quantitative estimate of drug-likeness (QED) is 0.891. The highest BCUT2D eigenvalue weighted by Gasteiger charge is 2.16. The zero-order chi connectivity index (χ0) is 15.5. The van der Waals surface area contributed by atoms with Crippen molar-refractivity contribution in [3.8, 4) is 0 Å². The SMILES string of the molecule is Cc1ccc(F)c(NS(=O)(=O)Cc2ccccc2CN)c1. The normalized spacial score (nSPS) is 11.4. The maximum absolute atomic E-state index is 13.6. The molecule has 0 bridgehead atoms. The van der Waals surface area contributed by atoms with Crippen molar-refractivity contribution in [3.05, 3.63) is 65.0 Å². The molecule has 4 nitrogen and oxygen atoms in total. The van der Waals surface area contributed by atoms with E-state index in [0.29, 0.717) is 5.56 Å². The predicted octanol–water partition coefficient (Wildman–Crippen LogP) is 2.53. The van der Waals surface area contributed by atoms with E-state index < -0.39 is 15.8 Å². The monoisotopic (exact) mass is 308 g/mol. The van der Waals surface area contributed by atoms with Crippen molar-refractivity contribution in [2.24, 2.45) is 5.73 Å². The maximum atomic E-state index is 13.6. The number of anilines is 1. The molecular weight excluding hydrogens is 291 g/mol. The molecule has 0 saturated heterocycles. The van der Waals surface area contributed by atoms with Crippen LogP contribution in [0.5, 0.6) is 0 Å². The summed E-state index contributed by atoms with van der Waals surface area (Å²) in [4.78, 5) is 0. The molecule has 0 amide bonds. The molecule has 3 N–H and O–H groups in total. The lowest BCUT2D eigenvalue weighted by Crippen LogP contribution is -2.17. The first-order chi connectivity index (χ1) is 9.91. The van der Waals surface area contributed by atoms with Gasteiger partial charge in [-0.2, -0.15) is 0 Å². The van der Waals surface area contributed by atoms with Crippen LogP contribution < -0.4 is 10.5 Å². The summed E-state index contributed by atoms with van der Waals surface area (Å²) in [5, 5.41) is 0.